The van der Waals surface area contributed by atoms with E-state index in [-0.39, 0.29) is 11.5 Å². The van der Waals surface area contributed by atoms with E-state index in [4.69, 9.17) is 4.74 Å². The number of aryl methyl sites for hydroxylation is 2. The average Bonchev–Trinajstić information content (AvgIpc) is 2.64. The first-order valence-electron chi connectivity index (χ1n) is 8.36. The second-order valence-corrected chi connectivity index (χ2v) is 6.11. The van der Waals surface area contributed by atoms with Gasteiger partial charge in [0.2, 0.25) is 0 Å². The van der Waals surface area contributed by atoms with Crippen molar-refractivity contribution in [3.8, 4) is 17.2 Å². The fourth-order valence-electron chi connectivity index (χ4n) is 2.97. The van der Waals surface area contributed by atoms with Crippen LogP contribution in [0, 0.1) is 0 Å². The number of methoxy groups -OCH3 is 1. The molecule has 128 valence electrons. The van der Waals surface area contributed by atoms with Gasteiger partial charge in [0, 0.05) is 18.1 Å². The summed E-state index contributed by atoms with van der Waals surface area (Å²) in [6, 6.07) is 21.0. The van der Waals surface area contributed by atoms with E-state index in [9.17, 15) is 10.2 Å². The second-order valence-electron chi connectivity index (χ2n) is 6.11. The monoisotopic (exact) mass is 334 g/mol. The van der Waals surface area contributed by atoms with E-state index >= 15 is 0 Å². The van der Waals surface area contributed by atoms with Crippen molar-refractivity contribution in [2.24, 2.45) is 0 Å². The molecule has 0 radical (unpaired) electrons. The fraction of sp³-hybridized carbons (Fsp3) is 0.182. The van der Waals surface area contributed by atoms with Crippen molar-refractivity contribution in [1.82, 2.24) is 0 Å². The van der Waals surface area contributed by atoms with Crippen LogP contribution < -0.4 is 4.74 Å². The van der Waals surface area contributed by atoms with E-state index < -0.39 is 0 Å². The molecule has 0 spiro atoms. The first-order valence-corrected chi connectivity index (χ1v) is 8.36. The highest BCUT2D eigenvalue weighted by Gasteiger charge is 2.12. The average molecular weight is 334 g/mol. The van der Waals surface area contributed by atoms with Crippen LogP contribution in [0.3, 0.4) is 0 Å². The van der Waals surface area contributed by atoms with Crippen LogP contribution in [-0.4, -0.2) is 17.3 Å². The number of ether oxygens (including phenoxy) is 1. The Bertz CT molecular complexity index is 824. The van der Waals surface area contributed by atoms with Crippen LogP contribution in [0.2, 0.25) is 0 Å². The molecule has 0 saturated heterocycles. The predicted molar refractivity (Wildman–Crippen MR) is 99.4 cm³/mol. The van der Waals surface area contributed by atoms with Gasteiger partial charge in [-0.05, 0) is 47.7 Å². The van der Waals surface area contributed by atoms with Gasteiger partial charge in [-0.15, -0.1) is 0 Å². The molecular weight excluding hydrogens is 312 g/mol. The van der Waals surface area contributed by atoms with Crippen LogP contribution >= 0.6 is 0 Å². The van der Waals surface area contributed by atoms with Crippen LogP contribution in [0.4, 0.5) is 0 Å². The Morgan fingerprint density at radius 3 is 2.20 bits per heavy atom. The highest BCUT2D eigenvalue weighted by Crippen LogP contribution is 2.31. The molecule has 0 aromatic heterocycles. The van der Waals surface area contributed by atoms with E-state index in [0.29, 0.717) is 12.2 Å². The molecule has 3 nitrogen and oxygen atoms in total. The molecule has 3 rings (SSSR count). The maximum Gasteiger partial charge on any atom is 0.123 e. The summed E-state index contributed by atoms with van der Waals surface area (Å²) in [7, 11) is 1.61. The maximum absolute atomic E-state index is 10.5. The second kappa shape index (κ2) is 7.75. The van der Waals surface area contributed by atoms with Crippen molar-refractivity contribution in [2.45, 2.75) is 19.3 Å². The third kappa shape index (κ3) is 4.32. The number of phenolic OH excluding ortho intramolecular Hbond substituents is 2. The first kappa shape index (κ1) is 16.9. The lowest BCUT2D eigenvalue weighted by atomic mass is 9.94. The van der Waals surface area contributed by atoms with Gasteiger partial charge in [-0.25, -0.2) is 0 Å². The van der Waals surface area contributed by atoms with Gasteiger partial charge in [0.1, 0.15) is 17.2 Å². The zero-order chi connectivity index (χ0) is 17.6. The topological polar surface area (TPSA) is 49.7 Å². The summed E-state index contributed by atoms with van der Waals surface area (Å²) in [6.45, 7) is 0. The molecule has 0 bridgehead atoms. The molecule has 0 amide bonds. The lowest BCUT2D eigenvalue weighted by Crippen LogP contribution is -2.00. The predicted octanol–water partition coefficient (Wildman–Crippen LogP) is 4.48. The van der Waals surface area contributed by atoms with Crippen molar-refractivity contribution in [3.05, 3.63) is 89.0 Å². The standard InChI is InChI=1S/C22H22O3/c1-25-20-14-18(10-7-16-5-3-2-4-6-16)21(22(24)15-20)13-17-8-11-19(23)12-9-17/h2-6,8-9,11-12,14-15,23-24H,7,10,13H2,1H3. The van der Waals surface area contributed by atoms with E-state index in [2.05, 4.69) is 12.1 Å². The molecule has 0 aliphatic rings. The highest BCUT2D eigenvalue weighted by atomic mass is 16.5. The molecule has 0 unspecified atom stereocenters. The third-order valence-electron chi connectivity index (χ3n) is 4.37. The fourth-order valence-corrected chi connectivity index (χ4v) is 2.97. The molecule has 0 heterocycles. The molecule has 3 heteroatoms. The number of hydrogen-bond acceptors (Lipinski definition) is 3. The van der Waals surface area contributed by atoms with Crippen LogP contribution in [0.15, 0.2) is 66.7 Å². The molecule has 0 aliphatic heterocycles. The summed E-state index contributed by atoms with van der Waals surface area (Å²) in [5.74, 6) is 1.15. The van der Waals surface area contributed by atoms with Gasteiger partial charge in [0.05, 0.1) is 7.11 Å². The summed E-state index contributed by atoms with van der Waals surface area (Å²) in [5.41, 5.74) is 4.29. The summed E-state index contributed by atoms with van der Waals surface area (Å²) < 4.78 is 5.32. The Labute approximate surface area is 148 Å². The van der Waals surface area contributed by atoms with Gasteiger partial charge in [-0.3, -0.25) is 0 Å². The number of phenols is 2. The molecule has 0 saturated carbocycles. The van der Waals surface area contributed by atoms with Crippen LogP contribution in [0.25, 0.3) is 0 Å². The molecule has 25 heavy (non-hydrogen) atoms. The Morgan fingerprint density at radius 2 is 1.52 bits per heavy atom. The molecule has 0 fully saturated rings. The molecule has 0 atom stereocenters. The minimum Gasteiger partial charge on any atom is -0.508 e. The van der Waals surface area contributed by atoms with Crippen molar-refractivity contribution >= 4 is 0 Å². The zero-order valence-corrected chi connectivity index (χ0v) is 14.3. The normalized spacial score (nSPS) is 10.6. The molecule has 3 aromatic rings. The maximum atomic E-state index is 10.5. The minimum atomic E-state index is 0.243. The summed E-state index contributed by atoms with van der Waals surface area (Å²) in [4.78, 5) is 0. The summed E-state index contributed by atoms with van der Waals surface area (Å²) >= 11 is 0. The van der Waals surface area contributed by atoms with Crippen LogP contribution in [0.5, 0.6) is 17.2 Å². The van der Waals surface area contributed by atoms with Gasteiger partial charge in [-0.1, -0.05) is 42.5 Å². The number of hydrogen-bond donors (Lipinski definition) is 2. The van der Waals surface area contributed by atoms with E-state index in [1.165, 1.54) is 5.56 Å². The summed E-state index contributed by atoms with van der Waals surface area (Å²) in [5, 5.41) is 19.9. The van der Waals surface area contributed by atoms with Crippen molar-refractivity contribution in [2.75, 3.05) is 7.11 Å². The lowest BCUT2D eigenvalue weighted by Gasteiger charge is -2.14. The Morgan fingerprint density at radius 1 is 0.800 bits per heavy atom. The summed E-state index contributed by atoms with van der Waals surface area (Å²) in [6.07, 6.45) is 2.33. The van der Waals surface area contributed by atoms with Crippen LogP contribution in [-0.2, 0) is 19.3 Å². The Hall–Kier alpha value is -2.94. The highest BCUT2D eigenvalue weighted by molar-refractivity contribution is 5.48. The van der Waals surface area contributed by atoms with Gasteiger partial charge in [0.15, 0.2) is 0 Å². The van der Waals surface area contributed by atoms with E-state index in [1.54, 1.807) is 25.3 Å². The largest absolute Gasteiger partial charge is 0.508 e. The van der Waals surface area contributed by atoms with E-state index in [1.807, 2.05) is 36.4 Å². The molecular formula is C22H22O3. The van der Waals surface area contributed by atoms with Gasteiger partial charge < -0.3 is 14.9 Å². The molecule has 0 aliphatic carbocycles. The van der Waals surface area contributed by atoms with Gasteiger partial charge >= 0.3 is 0 Å². The first-order chi connectivity index (χ1) is 12.2. The Kier molecular flexibility index (Phi) is 5.24. The van der Waals surface area contributed by atoms with Crippen molar-refractivity contribution in [1.29, 1.82) is 0 Å². The number of aromatic hydroxyl groups is 2. The smallest absolute Gasteiger partial charge is 0.123 e. The quantitative estimate of drug-likeness (QED) is 0.699. The zero-order valence-electron chi connectivity index (χ0n) is 14.3. The van der Waals surface area contributed by atoms with E-state index in [0.717, 1.165) is 29.5 Å². The van der Waals surface area contributed by atoms with Crippen LogP contribution in [0.1, 0.15) is 22.3 Å². The lowest BCUT2D eigenvalue weighted by molar-refractivity contribution is 0.405. The molecule has 2 N–H and O–H groups in total. The van der Waals surface area contributed by atoms with Gasteiger partial charge in [-0.2, -0.15) is 0 Å². The number of benzene rings is 3. The van der Waals surface area contributed by atoms with Crippen molar-refractivity contribution in [3.63, 3.8) is 0 Å². The third-order valence-corrected chi connectivity index (χ3v) is 4.37. The van der Waals surface area contributed by atoms with Gasteiger partial charge in [0.25, 0.3) is 0 Å². The molecule has 3 aromatic carbocycles. The SMILES string of the molecule is COc1cc(O)c(Cc2ccc(O)cc2)c(CCc2ccccc2)c1. The Balaban J connectivity index is 1.88. The number of rotatable bonds is 6. The minimum absolute atomic E-state index is 0.243. The van der Waals surface area contributed by atoms with Crippen molar-refractivity contribution < 1.29 is 14.9 Å².